The second kappa shape index (κ2) is 6.42. The van der Waals surface area contributed by atoms with Crippen LogP contribution in [0, 0.1) is 0 Å². The zero-order valence-corrected chi connectivity index (χ0v) is 9.64. The Morgan fingerprint density at radius 1 is 1.60 bits per heavy atom. The Bertz CT molecular complexity index is 287. The van der Waals surface area contributed by atoms with Crippen molar-refractivity contribution >= 4 is 17.4 Å². The molecule has 0 saturated carbocycles. The molecule has 1 heterocycles. The molecule has 15 heavy (non-hydrogen) atoms. The van der Waals surface area contributed by atoms with Crippen LogP contribution in [0.3, 0.4) is 0 Å². The van der Waals surface area contributed by atoms with Gasteiger partial charge in [-0.25, -0.2) is 4.79 Å². The molecule has 1 aromatic rings. The average molecular weight is 227 g/mol. The van der Waals surface area contributed by atoms with E-state index in [-0.39, 0.29) is 0 Å². The van der Waals surface area contributed by atoms with Gasteiger partial charge in [-0.3, -0.25) is 0 Å². The monoisotopic (exact) mass is 227 g/mol. The fourth-order valence-corrected chi connectivity index (χ4v) is 2.25. The molecule has 4 nitrogen and oxygen atoms in total. The molecule has 1 aromatic heterocycles. The maximum atomic E-state index is 10.4. The Kier molecular flexibility index (Phi) is 5.14. The minimum absolute atomic E-state index is 0.375. The first-order chi connectivity index (χ1) is 7.24. The van der Waals surface area contributed by atoms with E-state index < -0.39 is 6.03 Å². The lowest BCUT2D eigenvalue weighted by molar-refractivity contribution is 0.249. The highest BCUT2D eigenvalue weighted by Crippen LogP contribution is 2.20. The summed E-state index contributed by atoms with van der Waals surface area (Å²) < 4.78 is 0. The van der Waals surface area contributed by atoms with Gasteiger partial charge in [0.15, 0.2) is 0 Å². The molecular weight excluding hydrogens is 210 g/mol. The molecule has 5 heteroatoms. The van der Waals surface area contributed by atoms with Crippen molar-refractivity contribution < 1.29 is 4.79 Å². The quantitative estimate of drug-likeness (QED) is 0.644. The van der Waals surface area contributed by atoms with Crippen LogP contribution in [0.15, 0.2) is 17.5 Å². The Balaban J connectivity index is 2.26. The van der Waals surface area contributed by atoms with Crippen LogP contribution in [0.2, 0.25) is 0 Å². The van der Waals surface area contributed by atoms with Crippen LogP contribution in [0.5, 0.6) is 0 Å². The number of carbonyl (C=O) groups excluding carboxylic acids is 1. The average Bonchev–Trinajstić information content (AvgIpc) is 2.70. The molecule has 1 atom stereocenters. The molecule has 4 N–H and O–H groups in total. The molecule has 1 rings (SSSR count). The van der Waals surface area contributed by atoms with Crippen LogP contribution in [0.25, 0.3) is 0 Å². The lowest BCUT2D eigenvalue weighted by atomic mass is 10.2. The number of hydrogen-bond donors (Lipinski definition) is 3. The lowest BCUT2D eigenvalue weighted by Gasteiger charge is -2.15. The SMILES string of the molecule is CCC(NCCNC(N)=O)c1cccs1. The molecule has 84 valence electrons. The molecule has 0 aromatic carbocycles. The Morgan fingerprint density at radius 3 is 2.93 bits per heavy atom. The number of nitrogens with one attached hydrogen (secondary N) is 2. The predicted molar refractivity (Wildman–Crippen MR) is 62.9 cm³/mol. The van der Waals surface area contributed by atoms with Gasteiger partial charge in [0.05, 0.1) is 0 Å². The minimum atomic E-state index is -0.471. The minimum Gasteiger partial charge on any atom is -0.352 e. The second-order valence-electron chi connectivity index (χ2n) is 3.22. The fourth-order valence-electron chi connectivity index (χ4n) is 1.37. The Morgan fingerprint density at radius 2 is 2.40 bits per heavy atom. The van der Waals surface area contributed by atoms with Gasteiger partial charge in [0.2, 0.25) is 0 Å². The summed E-state index contributed by atoms with van der Waals surface area (Å²) in [5.74, 6) is 0. The van der Waals surface area contributed by atoms with Gasteiger partial charge < -0.3 is 16.4 Å². The van der Waals surface area contributed by atoms with Crippen molar-refractivity contribution in [2.75, 3.05) is 13.1 Å². The predicted octanol–water partition coefficient (Wildman–Crippen LogP) is 1.46. The standard InChI is InChI=1S/C10H17N3OS/c1-2-8(9-4-3-7-15-9)12-5-6-13-10(11)14/h3-4,7-8,12H,2,5-6H2,1H3,(H3,11,13,14). The molecule has 0 aliphatic carbocycles. The Labute approximate surface area is 93.9 Å². The molecular formula is C10H17N3OS. The van der Waals surface area contributed by atoms with Crippen molar-refractivity contribution in [3.8, 4) is 0 Å². The first kappa shape index (κ1) is 12.0. The largest absolute Gasteiger partial charge is 0.352 e. The van der Waals surface area contributed by atoms with Crippen LogP contribution >= 0.6 is 11.3 Å². The maximum Gasteiger partial charge on any atom is 0.312 e. The van der Waals surface area contributed by atoms with E-state index in [0.29, 0.717) is 12.6 Å². The molecule has 0 saturated heterocycles. The molecule has 0 fully saturated rings. The van der Waals surface area contributed by atoms with Crippen molar-refractivity contribution in [3.05, 3.63) is 22.4 Å². The highest BCUT2D eigenvalue weighted by molar-refractivity contribution is 7.10. The molecule has 0 bridgehead atoms. The number of amides is 2. The van der Waals surface area contributed by atoms with Crippen molar-refractivity contribution in [1.82, 2.24) is 10.6 Å². The molecule has 2 amide bonds. The third kappa shape index (κ3) is 4.31. The van der Waals surface area contributed by atoms with E-state index in [1.807, 2.05) is 6.07 Å². The molecule has 0 aliphatic heterocycles. The fraction of sp³-hybridized carbons (Fsp3) is 0.500. The highest BCUT2D eigenvalue weighted by Gasteiger charge is 2.08. The van der Waals surface area contributed by atoms with E-state index >= 15 is 0 Å². The molecule has 1 unspecified atom stereocenters. The van der Waals surface area contributed by atoms with Crippen molar-refractivity contribution in [2.24, 2.45) is 5.73 Å². The smallest absolute Gasteiger partial charge is 0.312 e. The van der Waals surface area contributed by atoms with Gasteiger partial charge in [0.25, 0.3) is 0 Å². The van der Waals surface area contributed by atoms with Crippen LogP contribution < -0.4 is 16.4 Å². The van der Waals surface area contributed by atoms with Gasteiger partial charge in [-0.15, -0.1) is 11.3 Å². The number of primary amides is 1. The van der Waals surface area contributed by atoms with Crippen molar-refractivity contribution in [3.63, 3.8) is 0 Å². The number of thiophene rings is 1. The maximum absolute atomic E-state index is 10.4. The first-order valence-corrected chi connectivity index (χ1v) is 5.92. The number of carbonyl (C=O) groups is 1. The van der Waals surface area contributed by atoms with E-state index in [1.165, 1.54) is 4.88 Å². The van der Waals surface area contributed by atoms with E-state index in [2.05, 4.69) is 29.0 Å². The summed E-state index contributed by atoms with van der Waals surface area (Å²) in [6.07, 6.45) is 1.04. The second-order valence-corrected chi connectivity index (χ2v) is 4.20. The summed E-state index contributed by atoms with van der Waals surface area (Å²) in [4.78, 5) is 11.8. The normalized spacial score (nSPS) is 12.3. The van der Waals surface area contributed by atoms with Gasteiger partial charge in [0.1, 0.15) is 0 Å². The van der Waals surface area contributed by atoms with Gasteiger partial charge in [-0.05, 0) is 17.9 Å². The van der Waals surface area contributed by atoms with Crippen LogP contribution in [0.1, 0.15) is 24.3 Å². The number of urea groups is 1. The van der Waals surface area contributed by atoms with Gasteiger partial charge in [0, 0.05) is 24.0 Å². The zero-order valence-electron chi connectivity index (χ0n) is 8.82. The van der Waals surface area contributed by atoms with Gasteiger partial charge in [-0.2, -0.15) is 0 Å². The Hall–Kier alpha value is -1.07. The van der Waals surface area contributed by atoms with E-state index in [4.69, 9.17) is 5.73 Å². The molecule has 0 radical (unpaired) electrons. The van der Waals surface area contributed by atoms with E-state index in [1.54, 1.807) is 11.3 Å². The van der Waals surface area contributed by atoms with Crippen LogP contribution in [-0.2, 0) is 0 Å². The number of nitrogens with two attached hydrogens (primary N) is 1. The topological polar surface area (TPSA) is 67.2 Å². The molecule has 0 aliphatic rings. The number of rotatable bonds is 6. The lowest BCUT2D eigenvalue weighted by Crippen LogP contribution is -2.36. The third-order valence-electron chi connectivity index (χ3n) is 2.11. The van der Waals surface area contributed by atoms with Gasteiger partial charge in [-0.1, -0.05) is 13.0 Å². The summed E-state index contributed by atoms with van der Waals surface area (Å²) in [6, 6.07) is 4.07. The van der Waals surface area contributed by atoms with Gasteiger partial charge >= 0.3 is 6.03 Å². The third-order valence-corrected chi connectivity index (χ3v) is 3.10. The summed E-state index contributed by atoms with van der Waals surface area (Å²) in [5, 5.41) is 7.99. The van der Waals surface area contributed by atoms with Crippen molar-refractivity contribution in [1.29, 1.82) is 0 Å². The van der Waals surface area contributed by atoms with Crippen LogP contribution in [0.4, 0.5) is 4.79 Å². The highest BCUT2D eigenvalue weighted by atomic mass is 32.1. The molecule has 0 spiro atoms. The van der Waals surface area contributed by atoms with E-state index in [9.17, 15) is 4.79 Å². The van der Waals surface area contributed by atoms with E-state index in [0.717, 1.165) is 13.0 Å². The van der Waals surface area contributed by atoms with Crippen molar-refractivity contribution in [2.45, 2.75) is 19.4 Å². The summed E-state index contributed by atoms with van der Waals surface area (Å²) in [7, 11) is 0. The zero-order chi connectivity index (χ0) is 11.1. The summed E-state index contributed by atoms with van der Waals surface area (Å²) in [6.45, 7) is 3.44. The summed E-state index contributed by atoms with van der Waals surface area (Å²) in [5.41, 5.74) is 4.96. The number of hydrogen-bond acceptors (Lipinski definition) is 3. The van der Waals surface area contributed by atoms with Crippen LogP contribution in [-0.4, -0.2) is 19.1 Å². The first-order valence-electron chi connectivity index (χ1n) is 5.04. The summed E-state index contributed by atoms with van der Waals surface area (Å²) >= 11 is 1.75.